The van der Waals surface area contributed by atoms with Crippen molar-refractivity contribution in [2.75, 3.05) is 132 Å². The van der Waals surface area contributed by atoms with Crippen LogP contribution in [0.3, 0.4) is 0 Å². The normalized spacial score (nSPS) is 19.5. The summed E-state index contributed by atoms with van der Waals surface area (Å²) in [5.74, 6) is -1.98. The Morgan fingerprint density at radius 1 is 0.742 bits per heavy atom. The molecule has 5 aliphatic rings. The van der Waals surface area contributed by atoms with E-state index in [1.807, 2.05) is 118 Å². The number of alkyl halides is 3. The monoisotopic (exact) mass is 1750 g/mol. The third-order valence-electron chi connectivity index (χ3n) is 23.3. The number of sulfone groups is 1. The van der Waals surface area contributed by atoms with Crippen LogP contribution in [0.2, 0.25) is 5.02 Å². The first-order valence-corrected chi connectivity index (χ1v) is 46.6. The summed E-state index contributed by atoms with van der Waals surface area (Å²) < 4.78 is 105. The SMILES string of the molecule is Cc1ncsc1-c1ccc([C@H](C)NC(=O)[C@@H]2C[C@@H](O)CN2C(=O)[C@@H](NC(=O)CCCCCCCNC(=O)c2ccc(N3CCN(CC4(C)CCC(c5ccc(Cl)cc5)=C(CN5CCN(c6ccc(C(=O)NS(=O)(=O)c7ccc(N[C@H](CCN8CCOCC8)CSc8ccccc8)c(S(=O)(=O)C(F)(F)F)c7)cc6)CC5)C4)CC3)cn2)C(C)(C)C)cc1. The molecule has 2 aromatic heterocycles. The summed E-state index contributed by atoms with van der Waals surface area (Å²) in [5, 5.41) is 23.5. The molecule has 4 aliphatic heterocycles. The lowest BCUT2D eigenvalue weighted by Gasteiger charge is -2.44. The molecule has 0 radical (unpaired) electrons. The number of amides is 5. The highest BCUT2D eigenvalue weighted by Crippen LogP contribution is 2.45. The first kappa shape index (κ1) is 90.7. The quantitative estimate of drug-likeness (QED) is 0.0161. The van der Waals surface area contributed by atoms with E-state index < -0.39 is 82.3 Å². The molecule has 0 spiro atoms. The molecule has 4 fully saturated rings. The van der Waals surface area contributed by atoms with Gasteiger partial charge >= 0.3 is 5.51 Å². The van der Waals surface area contributed by atoms with Crippen LogP contribution in [0.1, 0.15) is 149 Å². The number of allylic oxidation sites excluding steroid dienone is 1. The van der Waals surface area contributed by atoms with Gasteiger partial charge in [-0.3, -0.25) is 38.7 Å². The number of ether oxygens (including phenoxy) is 1. The van der Waals surface area contributed by atoms with E-state index in [4.69, 9.17) is 16.3 Å². The van der Waals surface area contributed by atoms with E-state index in [0.29, 0.717) is 87.9 Å². The fourth-order valence-corrected chi connectivity index (χ4v) is 20.4. The van der Waals surface area contributed by atoms with Crippen molar-refractivity contribution in [1.82, 2.24) is 50.2 Å². The lowest BCUT2D eigenvalue weighted by Crippen LogP contribution is -2.57. The van der Waals surface area contributed by atoms with E-state index in [1.54, 1.807) is 35.7 Å². The zero-order chi connectivity index (χ0) is 85.5. The number of nitrogens with zero attached hydrogens (tertiary/aromatic N) is 8. The van der Waals surface area contributed by atoms with Crippen molar-refractivity contribution in [1.29, 1.82) is 0 Å². The maximum atomic E-state index is 14.4. The molecule has 1 aliphatic carbocycles. The Morgan fingerprint density at radius 2 is 1.40 bits per heavy atom. The predicted octanol–water partition coefficient (Wildman–Crippen LogP) is 12.9. The lowest BCUT2D eigenvalue weighted by molar-refractivity contribution is -0.144. The van der Waals surface area contributed by atoms with Crippen LogP contribution in [0.4, 0.5) is 30.2 Å². The number of morpholine rings is 1. The van der Waals surface area contributed by atoms with Crippen molar-refractivity contribution in [2.24, 2.45) is 10.8 Å². The largest absolute Gasteiger partial charge is 0.501 e. The van der Waals surface area contributed by atoms with Gasteiger partial charge in [0.1, 0.15) is 22.7 Å². The fraction of sp³-hybridized carbons (Fsp3) is 0.489. The Kier molecular flexibility index (Phi) is 30.7. The zero-order valence-corrected chi connectivity index (χ0v) is 73.0. The number of thioether (sulfide) groups is 1. The summed E-state index contributed by atoms with van der Waals surface area (Å²) >= 11 is 9.42. The maximum Gasteiger partial charge on any atom is 0.501 e. The third-order valence-corrected chi connectivity index (χ3v) is 28.6. The summed E-state index contributed by atoms with van der Waals surface area (Å²) in [6, 6.07) is 35.2. The first-order valence-electron chi connectivity index (χ1n) is 41.4. The molecule has 32 heteroatoms. The number of hydrogen-bond acceptors (Lipinski definition) is 21. The second-order valence-corrected chi connectivity index (χ2v) is 39.4. The highest BCUT2D eigenvalue weighted by Gasteiger charge is 2.49. The number of carbonyl (C=O) groups excluding carboxylic acids is 5. The Hall–Kier alpha value is -8.50. The highest BCUT2D eigenvalue weighted by atomic mass is 35.5. The minimum absolute atomic E-state index is 0.000606. The van der Waals surface area contributed by atoms with Crippen molar-refractivity contribution in [3.63, 3.8) is 0 Å². The molecule has 6 atom stereocenters. The van der Waals surface area contributed by atoms with E-state index in [0.717, 1.165) is 153 Å². The van der Waals surface area contributed by atoms with E-state index in [-0.39, 0.29) is 54.1 Å². The van der Waals surface area contributed by atoms with Crippen molar-refractivity contribution < 1.29 is 63.8 Å². The van der Waals surface area contributed by atoms with E-state index in [2.05, 4.69) is 74.8 Å². The number of thiazole rings is 1. The van der Waals surface area contributed by atoms with E-state index >= 15 is 0 Å². The number of aryl methyl sites for hydroxylation is 1. The summed E-state index contributed by atoms with van der Waals surface area (Å²) in [7, 11) is -11.0. The van der Waals surface area contributed by atoms with E-state index in [1.165, 1.54) is 39.9 Å². The number of rotatable bonds is 34. The number of aromatic nitrogens is 2. The zero-order valence-electron chi connectivity index (χ0n) is 69.0. The molecular formula is C88H111ClF3N13O11S4. The van der Waals surface area contributed by atoms with Gasteiger partial charge in [-0.2, -0.15) is 13.2 Å². The third kappa shape index (κ3) is 24.1. The molecule has 5 amide bonds. The molecule has 12 rings (SSSR count). The number of hydrogen-bond donors (Lipinski definition) is 6. The minimum atomic E-state index is -6.11. The number of pyridine rings is 1. The number of aliphatic hydroxyl groups excluding tert-OH is 1. The van der Waals surface area contributed by atoms with Crippen molar-refractivity contribution >= 4 is 107 Å². The molecular weight excluding hydrogens is 1640 g/mol. The van der Waals surface area contributed by atoms with Crippen LogP contribution in [0.5, 0.6) is 0 Å². The highest BCUT2D eigenvalue weighted by molar-refractivity contribution is 7.99. The summed E-state index contributed by atoms with van der Waals surface area (Å²) in [5.41, 5.74) is 3.80. The molecule has 24 nitrogen and oxygen atoms in total. The Bertz CT molecular complexity index is 4930. The average Bonchev–Trinajstić information content (AvgIpc) is 0.881. The van der Waals surface area contributed by atoms with Gasteiger partial charge in [-0.25, -0.2) is 31.5 Å². The number of aliphatic hydroxyl groups is 1. The molecule has 4 saturated heterocycles. The summed E-state index contributed by atoms with van der Waals surface area (Å²) in [6.07, 6.45) is 8.32. The molecule has 646 valence electrons. The van der Waals surface area contributed by atoms with Gasteiger partial charge in [-0.15, -0.1) is 23.1 Å². The summed E-state index contributed by atoms with van der Waals surface area (Å²) in [4.78, 5) is 90.3. The van der Waals surface area contributed by atoms with Gasteiger partial charge in [0.25, 0.3) is 31.7 Å². The number of sulfonamides is 1. The molecule has 6 heterocycles. The van der Waals surface area contributed by atoms with Crippen LogP contribution in [-0.2, 0) is 39.0 Å². The van der Waals surface area contributed by atoms with Gasteiger partial charge in [0.05, 0.1) is 63.9 Å². The number of likely N-dealkylation sites (tertiary alicyclic amines) is 1. The second-order valence-electron chi connectivity index (χ2n) is 33.5. The molecule has 7 aromatic rings. The summed E-state index contributed by atoms with van der Waals surface area (Å²) in [6.45, 7) is 23.1. The topological polar surface area (TPSA) is 288 Å². The smallest absolute Gasteiger partial charge is 0.391 e. The van der Waals surface area contributed by atoms with Crippen LogP contribution in [0, 0.1) is 17.8 Å². The fourth-order valence-electron chi connectivity index (χ4n) is 16.4. The standard InChI is InChI=1S/C88H111ClF3N13O11S4/c1-60(62-18-20-64(21-19-62)80-61(2)95-59-118-80)96-84(110)77-51-71(106)56-105(77)85(111)81(86(3,4)5)98-79(107)17-13-8-7-9-14-37-93-83(109)76-32-30-70(54-94-76)104-45-41-102(42-46-104)58-87(6)36-34-74(63-22-26-67(89)27-23-63)66(53-87)55-101-39-43-103(44-40-101)69-28-24-65(25-29-69)82(108)99-120(114,115)73-31-33-75(78(52-73)119(112,113)88(90,91)92)97-68(35-38-100-47-49-116-50-48-100)57-117-72-15-11-10-12-16-72/h10-12,15-16,18-33,52,54,59-60,68,71,77,81,97,106H,7-9,13-14,17,34-51,53,55-58H2,1-6H3,(H,93,109)(H,96,110)(H,98,107)(H,99,108)/t60-,68+,71+,77-,81+,87?/m0/s1. The van der Waals surface area contributed by atoms with Crippen LogP contribution in [-0.4, -0.2) is 228 Å². The van der Waals surface area contributed by atoms with Crippen LogP contribution in [0.15, 0.2) is 165 Å². The number of carbonyl (C=O) groups is 5. The van der Waals surface area contributed by atoms with Gasteiger partial charge < -0.3 is 45.8 Å². The number of β-amino-alcohol motifs (C(OH)–C–C–N with tert-alkyl or cyclic N) is 1. The molecule has 6 N–H and O–H groups in total. The van der Waals surface area contributed by atoms with E-state index in [9.17, 15) is 59.1 Å². The number of piperazine rings is 2. The number of unbranched alkanes of at least 4 members (excludes halogenated alkanes) is 4. The molecule has 0 bridgehead atoms. The van der Waals surface area contributed by atoms with Gasteiger partial charge in [-0.1, -0.05) is 119 Å². The van der Waals surface area contributed by atoms with Crippen LogP contribution in [0.25, 0.3) is 16.0 Å². The predicted molar refractivity (Wildman–Crippen MR) is 465 cm³/mol. The lowest BCUT2D eigenvalue weighted by atomic mass is 9.71. The van der Waals surface area contributed by atoms with Crippen LogP contribution >= 0.6 is 34.7 Å². The molecule has 0 saturated carbocycles. The number of nitrogens with one attached hydrogen (secondary N) is 5. The van der Waals surface area contributed by atoms with Gasteiger partial charge in [-0.05, 0) is 164 Å². The molecule has 1 unspecified atom stereocenters. The van der Waals surface area contributed by atoms with Crippen LogP contribution < -0.4 is 35.8 Å². The minimum Gasteiger partial charge on any atom is -0.391 e. The number of halogens is 4. The molecule has 5 aromatic carbocycles. The number of benzene rings is 5. The Labute approximate surface area is 716 Å². The first-order chi connectivity index (χ1) is 57.3. The Morgan fingerprint density at radius 3 is 2.06 bits per heavy atom. The number of anilines is 3. The maximum absolute atomic E-state index is 14.4. The van der Waals surface area contributed by atoms with Crippen molar-refractivity contribution in [2.45, 2.75) is 163 Å². The Balaban J connectivity index is 0.563. The van der Waals surface area contributed by atoms with Crippen molar-refractivity contribution in [3.8, 4) is 10.4 Å². The average molecular weight is 1750 g/mol. The van der Waals surface area contributed by atoms with Crippen molar-refractivity contribution in [3.05, 3.63) is 184 Å². The molecule has 120 heavy (non-hydrogen) atoms. The van der Waals surface area contributed by atoms with Gasteiger partial charge in [0, 0.05) is 144 Å². The second kappa shape index (κ2) is 40.7. The van der Waals surface area contributed by atoms with Gasteiger partial charge in [0.2, 0.25) is 17.7 Å². The van der Waals surface area contributed by atoms with Gasteiger partial charge in [0.15, 0.2) is 0 Å².